The first kappa shape index (κ1) is 10.9. The molecule has 13 heavy (non-hydrogen) atoms. The number of carboxylic acid groups (broad SMARTS) is 3. The molecule has 0 aromatic rings. The molecule has 0 fully saturated rings. The highest BCUT2D eigenvalue weighted by Crippen LogP contribution is 1.90. The van der Waals surface area contributed by atoms with Gasteiger partial charge in [-0.25, -0.2) is 0 Å². The first-order valence-electron chi connectivity index (χ1n) is 2.97. The number of carboxylic acids is 3. The maximum absolute atomic E-state index is 10.0. The van der Waals surface area contributed by atoms with Gasteiger partial charge in [-0.05, 0) is 6.08 Å². The molecule has 0 spiro atoms. The smallest absolute Gasteiger partial charge is 0.0733 e. The van der Waals surface area contributed by atoms with E-state index in [4.69, 9.17) is 0 Å². The van der Waals surface area contributed by atoms with Gasteiger partial charge in [0.05, 0.1) is 17.9 Å². The Balaban J connectivity index is 4.66. The van der Waals surface area contributed by atoms with Crippen LogP contribution in [0.1, 0.15) is 0 Å². The average molecular weight is 183 g/mol. The van der Waals surface area contributed by atoms with Crippen molar-refractivity contribution in [1.82, 2.24) is 0 Å². The number of allylic oxidation sites excluding steroid dienone is 2. The molecule has 0 amide bonds. The molecule has 70 valence electrons. The number of hydrogen-bond acceptors (Lipinski definition) is 6. The lowest BCUT2D eigenvalue weighted by Crippen LogP contribution is -2.36. The van der Waals surface area contributed by atoms with Crippen molar-refractivity contribution >= 4 is 17.9 Å². The minimum atomic E-state index is -1.96. The van der Waals surface area contributed by atoms with Crippen LogP contribution in [0.15, 0.2) is 23.8 Å². The minimum absolute atomic E-state index is 0.464. The Kier molecular flexibility index (Phi) is 3.94. The molecule has 0 bridgehead atoms. The molecule has 0 radical (unpaired) electrons. The molecule has 0 unspecified atom stereocenters. The van der Waals surface area contributed by atoms with Crippen LogP contribution in [-0.2, 0) is 14.4 Å². The van der Waals surface area contributed by atoms with Crippen molar-refractivity contribution in [3.05, 3.63) is 23.8 Å². The van der Waals surface area contributed by atoms with Gasteiger partial charge in [0.2, 0.25) is 0 Å². The molecular weight excluding hydrogens is 180 g/mol. The van der Waals surface area contributed by atoms with E-state index in [-0.39, 0.29) is 0 Å². The van der Waals surface area contributed by atoms with Gasteiger partial charge in [0, 0.05) is 5.57 Å². The Morgan fingerprint density at radius 1 is 0.923 bits per heavy atom. The lowest BCUT2D eigenvalue weighted by atomic mass is 10.2. The van der Waals surface area contributed by atoms with E-state index in [1.165, 1.54) is 0 Å². The van der Waals surface area contributed by atoms with Gasteiger partial charge in [0.25, 0.3) is 0 Å². The molecule has 6 heteroatoms. The molecule has 0 aliphatic rings. The fourth-order valence-electron chi connectivity index (χ4n) is 0.442. The maximum atomic E-state index is 10.0. The molecule has 0 aliphatic carbocycles. The van der Waals surface area contributed by atoms with E-state index < -0.39 is 23.5 Å². The van der Waals surface area contributed by atoms with Gasteiger partial charge in [0.1, 0.15) is 0 Å². The summed E-state index contributed by atoms with van der Waals surface area (Å²) >= 11 is 0. The standard InChI is InChI=1S/C7H6O6/c8-5(9)3-1-2-4(6(10)11)7(12)13/h1-3H,(H,8,9)(H,10,11)(H,12,13)/p-3/b3-1+. The largest absolute Gasteiger partial charge is 0.545 e. The first-order chi connectivity index (χ1) is 5.95. The van der Waals surface area contributed by atoms with Gasteiger partial charge in [-0.3, -0.25) is 0 Å². The van der Waals surface area contributed by atoms with Gasteiger partial charge in [-0.15, -0.1) is 0 Å². The summed E-state index contributed by atoms with van der Waals surface area (Å²) in [5, 5.41) is 29.8. The van der Waals surface area contributed by atoms with Gasteiger partial charge < -0.3 is 29.7 Å². The van der Waals surface area contributed by atoms with Gasteiger partial charge >= 0.3 is 0 Å². The van der Waals surface area contributed by atoms with E-state index in [0.717, 1.165) is 0 Å². The number of carbonyl (C=O) groups is 3. The molecule has 0 saturated carbocycles. The fourth-order valence-corrected chi connectivity index (χ4v) is 0.442. The number of aliphatic carboxylic acids is 3. The Labute approximate surface area is 72.4 Å². The summed E-state index contributed by atoms with van der Waals surface area (Å²) in [6, 6.07) is 0. The summed E-state index contributed by atoms with van der Waals surface area (Å²) in [6.45, 7) is 0. The van der Waals surface area contributed by atoms with E-state index in [2.05, 4.69) is 0 Å². The minimum Gasteiger partial charge on any atom is -0.545 e. The quantitative estimate of drug-likeness (QED) is 0.188. The first-order valence-corrected chi connectivity index (χ1v) is 2.97. The Morgan fingerprint density at radius 2 is 1.38 bits per heavy atom. The predicted molar refractivity (Wildman–Crippen MR) is 32.2 cm³/mol. The van der Waals surface area contributed by atoms with Crippen molar-refractivity contribution in [3.63, 3.8) is 0 Å². The topological polar surface area (TPSA) is 120 Å². The fraction of sp³-hybridized carbons (Fsp3) is 0. The third kappa shape index (κ3) is 4.35. The second-order valence-corrected chi connectivity index (χ2v) is 1.83. The normalized spacial score (nSPS) is 9.54. The van der Waals surface area contributed by atoms with Crippen LogP contribution >= 0.6 is 0 Å². The summed E-state index contributed by atoms with van der Waals surface area (Å²) in [5.41, 5.74) is -1.14. The Bertz CT molecular complexity index is 282. The summed E-state index contributed by atoms with van der Waals surface area (Å²) in [5.74, 6) is -5.49. The highest BCUT2D eigenvalue weighted by atomic mass is 16.4. The lowest BCUT2D eigenvalue weighted by Gasteiger charge is -2.07. The van der Waals surface area contributed by atoms with Crippen molar-refractivity contribution in [2.75, 3.05) is 0 Å². The second-order valence-electron chi connectivity index (χ2n) is 1.83. The van der Waals surface area contributed by atoms with Crippen LogP contribution in [0.25, 0.3) is 0 Å². The van der Waals surface area contributed by atoms with Crippen LogP contribution in [0.3, 0.4) is 0 Å². The van der Waals surface area contributed by atoms with Crippen molar-refractivity contribution in [1.29, 1.82) is 0 Å². The Hall–Kier alpha value is -2.11. The van der Waals surface area contributed by atoms with Crippen LogP contribution in [-0.4, -0.2) is 17.9 Å². The van der Waals surface area contributed by atoms with Crippen molar-refractivity contribution in [2.24, 2.45) is 0 Å². The van der Waals surface area contributed by atoms with Crippen molar-refractivity contribution < 1.29 is 29.7 Å². The summed E-state index contributed by atoms with van der Waals surface area (Å²) in [4.78, 5) is 29.8. The van der Waals surface area contributed by atoms with Crippen LogP contribution in [0.5, 0.6) is 0 Å². The zero-order chi connectivity index (χ0) is 10.4. The zero-order valence-corrected chi connectivity index (χ0v) is 6.18. The monoisotopic (exact) mass is 183 g/mol. The SMILES string of the molecule is O=C([O-])/C=C/C=C(C(=O)[O-])C(=O)[O-]. The van der Waals surface area contributed by atoms with Gasteiger partial charge in [-0.1, -0.05) is 12.2 Å². The van der Waals surface area contributed by atoms with Crippen LogP contribution < -0.4 is 15.3 Å². The molecular formula is C7H3O6-3. The number of rotatable bonds is 4. The molecule has 0 N–H and O–H groups in total. The van der Waals surface area contributed by atoms with E-state index in [1.807, 2.05) is 0 Å². The molecule has 0 atom stereocenters. The summed E-state index contributed by atoms with van der Waals surface area (Å²) in [7, 11) is 0. The van der Waals surface area contributed by atoms with E-state index in [0.29, 0.717) is 18.2 Å². The van der Waals surface area contributed by atoms with Gasteiger partial charge in [0.15, 0.2) is 0 Å². The second kappa shape index (κ2) is 4.70. The summed E-state index contributed by atoms with van der Waals surface area (Å²) < 4.78 is 0. The molecule has 0 aromatic heterocycles. The average Bonchev–Trinajstić information content (AvgIpc) is 1.95. The number of carbonyl (C=O) groups excluding carboxylic acids is 3. The molecule has 6 nitrogen and oxygen atoms in total. The number of hydrogen-bond donors (Lipinski definition) is 0. The lowest BCUT2D eigenvalue weighted by molar-refractivity contribution is -0.312. The third-order valence-corrected chi connectivity index (χ3v) is 0.935. The highest BCUT2D eigenvalue weighted by molar-refractivity contribution is 6.10. The van der Waals surface area contributed by atoms with Crippen molar-refractivity contribution in [3.8, 4) is 0 Å². The molecule has 0 aliphatic heterocycles. The maximum Gasteiger partial charge on any atom is 0.0733 e. The third-order valence-electron chi connectivity index (χ3n) is 0.935. The van der Waals surface area contributed by atoms with Crippen LogP contribution in [0.2, 0.25) is 0 Å². The molecule has 0 rings (SSSR count). The van der Waals surface area contributed by atoms with Crippen LogP contribution in [0.4, 0.5) is 0 Å². The molecule has 0 aromatic carbocycles. The van der Waals surface area contributed by atoms with E-state index in [9.17, 15) is 29.7 Å². The van der Waals surface area contributed by atoms with Crippen molar-refractivity contribution in [2.45, 2.75) is 0 Å². The Morgan fingerprint density at radius 3 is 1.69 bits per heavy atom. The predicted octanol–water partition coefficient (Wildman–Crippen LogP) is -4.28. The highest BCUT2D eigenvalue weighted by Gasteiger charge is 1.96. The van der Waals surface area contributed by atoms with E-state index in [1.54, 1.807) is 0 Å². The molecule has 0 heterocycles. The van der Waals surface area contributed by atoms with E-state index >= 15 is 0 Å². The van der Waals surface area contributed by atoms with Crippen LogP contribution in [0, 0.1) is 0 Å². The molecule has 0 saturated heterocycles. The van der Waals surface area contributed by atoms with Gasteiger partial charge in [-0.2, -0.15) is 0 Å². The zero-order valence-electron chi connectivity index (χ0n) is 6.18. The summed E-state index contributed by atoms with van der Waals surface area (Å²) in [6.07, 6.45) is 1.68.